The van der Waals surface area contributed by atoms with E-state index in [1.54, 1.807) is 6.92 Å². The predicted octanol–water partition coefficient (Wildman–Crippen LogP) is 1.21. The van der Waals surface area contributed by atoms with E-state index in [0.717, 1.165) is 0 Å². The van der Waals surface area contributed by atoms with Crippen molar-refractivity contribution >= 4 is 0 Å². The molecule has 0 fully saturated rings. The molecule has 5 heteroatoms. The van der Waals surface area contributed by atoms with Gasteiger partial charge in [0.15, 0.2) is 0 Å². The van der Waals surface area contributed by atoms with E-state index in [1.807, 2.05) is 27.7 Å². The SMILES string of the molecule is CCOC(C)COC(C)CO.CCOCC(C)O. The van der Waals surface area contributed by atoms with Gasteiger partial charge in [-0.3, -0.25) is 0 Å². The van der Waals surface area contributed by atoms with Crippen LogP contribution >= 0.6 is 0 Å². The summed E-state index contributed by atoms with van der Waals surface area (Å²) < 4.78 is 15.3. The number of rotatable bonds is 9. The van der Waals surface area contributed by atoms with E-state index >= 15 is 0 Å². The highest BCUT2D eigenvalue weighted by molar-refractivity contribution is 4.50. The van der Waals surface area contributed by atoms with E-state index in [9.17, 15) is 0 Å². The van der Waals surface area contributed by atoms with E-state index < -0.39 is 0 Å². The van der Waals surface area contributed by atoms with Crippen LogP contribution in [0.25, 0.3) is 0 Å². The summed E-state index contributed by atoms with van der Waals surface area (Å²) in [6.45, 7) is 11.8. The summed E-state index contributed by atoms with van der Waals surface area (Å²) >= 11 is 0. The van der Waals surface area contributed by atoms with Gasteiger partial charge in [0.1, 0.15) is 0 Å². The van der Waals surface area contributed by atoms with Gasteiger partial charge in [-0.05, 0) is 34.6 Å². The van der Waals surface area contributed by atoms with Gasteiger partial charge in [-0.25, -0.2) is 0 Å². The summed E-state index contributed by atoms with van der Waals surface area (Å²) in [6.07, 6.45) is -0.285. The zero-order valence-corrected chi connectivity index (χ0v) is 12.4. The van der Waals surface area contributed by atoms with Crippen molar-refractivity contribution in [2.24, 2.45) is 0 Å². The summed E-state index contributed by atoms with van der Waals surface area (Å²) in [5.41, 5.74) is 0. The van der Waals surface area contributed by atoms with Gasteiger partial charge in [-0.1, -0.05) is 0 Å². The zero-order valence-electron chi connectivity index (χ0n) is 12.4. The van der Waals surface area contributed by atoms with E-state index in [-0.39, 0.29) is 24.9 Å². The van der Waals surface area contributed by atoms with Crippen molar-refractivity contribution in [1.29, 1.82) is 0 Å². The molecule has 0 aromatic rings. The summed E-state index contributed by atoms with van der Waals surface area (Å²) in [6, 6.07) is 0. The molecule has 0 aliphatic carbocycles. The molecule has 0 bridgehead atoms. The molecule has 0 saturated heterocycles. The van der Waals surface area contributed by atoms with Crippen molar-refractivity contribution in [2.45, 2.75) is 52.9 Å². The van der Waals surface area contributed by atoms with Crippen molar-refractivity contribution in [3.63, 3.8) is 0 Å². The predicted molar refractivity (Wildman–Crippen MR) is 71.8 cm³/mol. The third kappa shape index (κ3) is 18.2. The van der Waals surface area contributed by atoms with Crippen LogP contribution in [0.2, 0.25) is 0 Å². The summed E-state index contributed by atoms with van der Waals surface area (Å²) in [5, 5.41) is 17.2. The Morgan fingerprint density at radius 3 is 1.83 bits per heavy atom. The van der Waals surface area contributed by atoms with Crippen molar-refractivity contribution in [1.82, 2.24) is 0 Å². The summed E-state index contributed by atoms with van der Waals surface area (Å²) in [7, 11) is 0. The third-order valence-corrected chi connectivity index (χ3v) is 1.89. The van der Waals surface area contributed by atoms with Gasteiger partial charge in [0.25, 0.3) is 0 Å². The van der Waals surface area contributed by atoms with Crippen molar-refractivity contribution in [3.8, 4) is 0 Å². The Morgan fingerprint density at radius 1 is 0.889 bits per heavy atom. The Balaban J connectivity index is 0. The molecule has 5 nitrogen and oxygen atoms in total. The third-order valence-electron chi connectivity index (χ3n) is 1.89. The Kier molecular flexibility index (Phi) is 16.6. The van der Waals surface area contributed by atoms with Gasteiger partial charge in [-0.2, -0.15) is 0 Å². The van der Waals surface area contributed by atoms with E-state index in [4.69, 9.17) is 24.4 Å². The van der Waals surface area contributed by atoms with Crippen LogP contribution in [-0.4, -0.2) is 61.6 Å². The molecule has 2 N–H and O–H groups in total. The van der Waals surface area contributed by atoms with Crippen molar-refractivity contribution < 1.29 is 24.4 Å². The molecule has 0 radical (unpaired) electrons. The Morgan fingerprint density at radius 2 is 1.50 bits per heavy atom. The molecule has 0 aliphatic rings. The van der Waals surface area contributed by atoms with Gasteiger partial charge in [-0.15, -0.1) is 0 Å². The molecule has 0 amide bonds. The normalized spacial score (nSPS) is 15.5. The fraction of sp³-hybridized carbons (Fsp3) is 1.00. The first-order valence-corrected chi connectivity index (χ1v) is 6.57. The number of hydrogen-bond acceptors (Lipinski definition) is 5. The lowest BCUT2D eigenvalue weighted by molar-refractivity contribution is -0.0424. The molecule has 3 unspecified atom stereocenters. The second-order valence-electron chi connectivity index (χ2n) is 4.10. The molecule has 0 heterocycles. The second-order valence-corrected chi connectivity index (χ2v) is 4.10. The summed E-state index contributed by atoms with van der Waals surface area (Å²) in [5.74, 6) is 0. The maximum atomic E-state index is 8.61. The molecule has 0 aromatic carbocycles. The number of hydrogen-bond donors (Lipinski definition) is 2. The first-order chi connectivity index (χ1) is 8.47. The van der Waals surface area contributed by atoms with Crippen LogP contribution in [0.1, 0.15) is 34.6 Å². The molecule has 0 spiro atoms. The lowest BCUT2D eigenvalue weighted by Crippen LogP contribution is -2.22. The van der Waals surface area contributed by atoms with Crippen LogP contribution in [0.5, 0.6) is 0 Å². The number of aliphatic hydroxyl groups is 2. The van der Waals surface area contributed by atoms with Gasteiger partial charge >= 0.3 is 0 Å². The average Bonchev–Trinajstić information content (AvgIpc) is 2.34. The Hall–Kier alpha value is -0.200. The van der Waals surface area contributed by atoms with E-state index in [2.05, 4.69) is 0 Å². The maximum absolute atomic E-state index is 8.61. The van der Waals surface area contributed by atoms with Crippen LogP contribution in [0.3, 0.4) is 0 Å². The van der Waals surface area contributed by atoms with Crippen LogP contribution in [0.4, 0.5) is 0 Å². The Bertz CT molecular complexity index is 152. The molecular formula is C13H30O5. The maximum Gasteiger partial charge on any atom is 0.0780 e. The molecule has 112 valence electrons. The fourth-order valence-electron chi connectivity index (χ4n) is 0.974. The quantitative estimate of drug-likeness (QED) is 0.656. The molecule has 0 rings (SSSR count). The smallest absolute Gasteiger partial charge is 0.0780 e. The van der Waals surface area contributed by atoms with Crippen LogP contribution in [-0.2, 0) is 14.2 Å². The number of ether oxygens (including phenoxy) is 3. The second kappa shape index (κ2) is 14.9. The van der Waals surface area contributed by atoms with Crippen molar-refractivity contribution in [3.05, 3.63) is 0 Å². The molecule has 0 aromatic heterocycles. The highest BCUT2D eigenvalue weighted by Crippen LogP contribution is 1.95. The van der Waals surface area contributed by atoms with Gasteiger partial charge in [0, 0.05) is 13.2 Å². The molecule has 3 atom stereocenters. The van der Waals surface area contributed by atoms with Crippen molar-refractivity contribution in [2.75, 3.05) is 33.0 Å². The first-order valence-electron chi connectivity index (χ1n) is 6.57. The molecule has 0 saturated carbocycles. The van der Waals surface area contributed by atoms with Crippen LogP contribution in [0.15, 0.2) is 0 Å². The minimum atomic E-state index is -0.319. The van der Waals surface area contributed by atoms with E-state index in [1.165, 1.54) is 0 Å². The van der Waals surface area contributed by atoms with E-state index in [0.29, 0.717) is 26.4 Å². The first kappa shape index (κ1) is 20.1. The highest BCUT2D eigenvalue weighted by atomic mass is 16.5. The van der Waals surface area contributed by atoms with Gasteiger partial charge in [0.2, 0.25) is 0 Å². The van der Waals surface area contributed by atoms with Gasteiger partial charge < -0.3 is 24.4 Å². The summed E-state index contributed by atoms with van der Waals surface area (Å²) in [4.78, 5) is 0. The van der Waals surface area contributed by atoms with Gasteiger partial charge in [0.05, 0.1) is 38.1 Å². The lowest BCUT2D eigenvalue weighted by atomic mass is 10.4. The standard InChI is InChI=1S/C8H18O3.C5H12O2/c1-4-10-8(3)6-11-7(2)5-9;1-3-7-4-5(2)6/h7-9H,4-6H2,1-3H3;5-6H,3-4H2,1-2H3. The zero-order chi connectivity index (χ0) is 14.4. The number of aliphatic hydroxyl groups excluding tert-OH is 2. The molecular weight excluding hydrogens is 236 g/mol. The van der Waals surface area contributed by atoms with Crippen LogP contribution < -0.4 is 0 Å². The van der Waals surface area contributed by atoms with Crippen LogP contribution in [0, 0.1) is 0 Å². The monoisotopic (exact) mass is 266 g/mol. The molecule has 18 heavy (non-hydrogen) atoms. The highest BCUT2D eigenvalue weighted by Gasteiger charge is 2.04. The fourth-order valence-corrected chi connectivity index (χ4v) is 0.974. The largest absolute Gasteiger partial charge is 0.394 e. The minimum Gasteiger partial charge on any atom is -0.394 e. The lowest BCUT2D eigenvalue weighted by Gasteiger charge is -2.14. The Labute approximate surface area is 111 Å². The average molecular weight is 266 g/mol. The minimum absolute atomic E-state index is 0.0683. The molecule has 0 aliphatic heterocycles. The topological polar surface area (TPSA) is 68.2 Å².